The number of ether oxygens (including phenoxy) is 1. The van der Waals surface area contributed by atoms with Crippen molar-refractivity contribution in [1.29, 1.82) is 0 Å². The Morgan fingerprint density at radius 2 is 2.44 bits per heavy atom. The average Bonchev–Trinajstić information content (AvgIpc) is 2.80. The summed E-state index contributed by atoms with van der Waals surface area (Å²) in [4.78, 5) is 0. The number of hydrogen-bond donors (Lipinski definition) is 1. The monoisotopic (exact) mass is 268 g/mol. The van der Waals surface area contributed by atoms with Gasteiger partial charge in [0.25, 0.3) is 0 Å². The van der Waals surface area contributed by atoms with Gasteiger partial charge < -0.3 is 15.0 Å². The van der Waals surface area contributed by atoms with Gasteiger partial charge in [-0.05, 0) is 18.8 Å². The van der Waals surface area contributed by atoms with Crippen LogP contribution in [0.4, 0.5) is 0 Å². The summed E-state index contributed by atoms with van der Waals surface area (Å²) >= 11 is 1.74. The van der Waals surface area contributed by atoms with Gasteiger partial charge in [-0.2, -0.15) is 0 Å². The van der Waals surface area contributed by atoms with E-state index in [1.54, 1.807) is 11.8 Å². The highest BCUT2D eigenvalue weighted by atomic mass is 32.2. The van der Waals surface area contributed by atoms with Crippen LogP contribution in [0, 0.1) is 5.92 Å². The van der Waals surface area contributed by atoms with E-state index in [2.05, 4.69) is 16.8 Å². The molecular formula is C12H20N4OS. The first kappa shape index (κ1) is 13.6. The van der Waals surface area contributed by atoms with Crippen molar-refractivity contribution in [3.05, 3.63) is 18.5 Å². The Labute approximate surface area is 112 Å². The van der Waals surface area contributed by atoms with Gasteiger partial charge in [-0.3, -0.25) is 0 Å². The molecule has 1 aliphatic rings. The largest absolute Gasteiger partial charge is 0.381 e. The molecule has 0 amide bonds. The van der Waals surface area contributed by atoms with E-state index in [-0.39, 0.29) is 0 Å². The lowest BCUT2D eigenvalue weighted by molar-refractivity contribution is 0.0632. The van der Waals surface area contributed by atoms with Crippen LogP contribution in [0.3, 0.4) is 0 Å². The van der Waals surface area contributed by atoms with Gasteiger partial charge in [-0.1, -0.05) is 17.8 Å². The molecule has 18 heavy (non-hydrogen) atoms. The molecule has 0 saturated carbocycles. The summed E-state index contributed by atoms with van der Waals surface area (Å²) in [5, 5.41) is 9.23. The van der Waals surface area contributed by atoms with E-state index in [4.69, 9.17) is 10.5 Å². The highest BCUT2D eigenvalue weighted by molar-refractivity contribution is 7.99. The molecule has 2 heterocycles. The molecule has 1 aliphatic heterocycles. The van der Waals surface area contributed by atoms with Crippen LogP contribution in [0.1, 0.15) is 18.7 Å². The van der Waals surface area contributed by atoms with E-state index in [1.165, 1.54) is 12.8 Å². The zero-order valence-corrected chi connectivity index (χ0v) is 11.4. The summed E-state index contributed by atoms with van der Waals surface area (Å²) in [5.41, 5.74) is 5.65. The zero-order valence-electron chi connectivity index (χ0n) is 10.5. The van der Waals surface area contributed by atoms with Crippen LogP contribution in [-0.2, 0) is 17.8 Å². The van der Waals surface area contributed by atoms with Crippen LogP contribution >= 0.6 is 11.8 Å². The van der Waals surface area contributed by atoms with E-state index in [0.717, 1.165) is 29.9 Å². The number of hydrogen-bond acceptors (Lipinski definition) is 5. The number of aromatic nitrogens is 3. The molecule has 1 aromatic heterocycles. The van der Waals surface area contributed by atoms with Crippen molar-refractivity contribution in [2.45, 2.75) is 31.1 Å². The van der Waals surface area contributed by atoms with Crippen LogP contribution in [0.25, 0.3) is 0 Å². The maximum absolute atomic E-state index is 5.65. The molecule has 0 bridgehead atoms. The zero-order chi connectivity index (χ0) is 12.8. The number of nitrogens with two attached hydrogens (primary N) is 1. The van der Waals surface area contributed by atoms with Crippen molar-refractivity contribution in [2.24, 2.45) is 11.7 Å². The minimum atomic E-state index is 0.411. The number of nitrogens with zero attached hydrogens (tertiary/aromatic N) is 3. The molecule has 0 unspecified atom stereocenters. The van der Waals surface area contributed by atoms with E-state index in [0.29, 0.717) is 19.0 Å². The Morgan fingerprint density at radius 1 is 1.56 bits per heavy atom. The molecule has 0 aromatic carbocycles. The number of rotatable bonds is 6. The molecule has 5 nitrogen and oxygen atoms in total. The second-order valence-electron chi connectivity index (χ2n) is 4.40. The van der Waals surface area contributed by atoms with Crippen molar-refractivity contribution >= 4 is 11.8 Å². The van der Waals surface area contributed by atoms with Gasteiger partial charge in [0, 0.05) is 18.9 Å². The van der Waals surface area contributed by atoms with Gasteiger partial charge in [-0.15, -0.1) is 16.8 Å². The normalized spacial score (nSPS) is 19.9. The van der Waals surface area contributed by atoms with E-state index >= 15 is 0 Å². The molecule has 2 rings (SSSR count). The lowest BCUT2D eigenvalue weighted by Gasteiger charge is -2.21. The lowest BCUT2D eigenvalue weighted by Crippen LogP contribution is -2.19. The van der Waals surface area contributed by atoms with Gasteiger partial charge in [0.15, 0.2) is 5.16 Å². The topological polar surface area (TPSA) is 66.0 Å². The van der Waals surface area contributed by atoms with Gasteiger partial charge >= 0.3 is 0 Å². The standard InChI is InChI=1S/C12H20N4OS/c1-2-5-16-11(7-13)14-15-12(16)18-9-10-4-3-6-17-8-10/h2,10H,1,3-9,13H2/t10-/m0/s1. The third-order valence-electron chi connectivity index (χ3n) is 2.99. The van der Waals surface area contributed by atoms with Crippen molar-refractivity contribution < 1.29 is 4.74 Å². The van der Waals surface area contributed by atoms with Gasteiger partial charge in [0.05, 0.1) is 13.2 Å². The van der Waals surface area contributed by atoms with E-state index < -0.39 is 0 Å². The summed E-state index contributed by atoms with van der Waals surface area (Å²) in [7, 11) is 0. The van der Waals surface area contributed by atoms with Gasteiger partial charge in [-0.25, -0.2) is 0 Å². The van der Waals surface area contributed by atoms with Crippen molar-refractivity contribution in [3.63, 3.8) is 0 Å². The molecule has 0 spiro atoms. The van der Waals surface area contributed by atoms with Gasteiger partial charge in [0.2, 0.25) is 0 Å². The molecule has 0 radical (unpaired) electrons. The molecule has 1 atom stereocenters. The summed E-state index contributed by atoms with van der Waals surface area (Å²) in [6.45, 7) is 6.65. The molecule has 1 fully saturated rings. The fourth-order valence-corrected chi connectivity index (χ4v) is 3.10. The van der Waals surface area contributed by atoms with Crippen LogP contribution in [0.5, 0.6) is 0 Å². The summed E-state index contributed by atoms with van der Waals surface area (Å²) in [6, 6.07) is 0. The van der Waals surface area contributed by atoms with Crippen molar-refractivity contribution in [3.8, 4) is 0 Å². The average molecular weight is 268 g/mol. The fraction of sp³-hybridized carbons (Fsp3) is 0.667. The van der Waals surface area contributed by atoms with Crippen molar-refractivity contribution in [2.75, 3.05) is 19.0 Å². The van der Waals surface area contributed by atoms with E-state index in [1.807, 2.05) is 10.6 Å². The maximum atomic E-state index is 5.65. The highest BCUT2D eigenvalue weighted by Crippen LogP contribution is 2.24. The highest BCUT2D eigenvalue weighted by Gasteiger charge is 2.17. The second kappa shape index (κ2) is 6.92. The van der Waals surface area contributed by atoms with E-state index in [9.17, 15) is 0 Å². The third-order valence-corrected chi connectivity index (χ3v) is 4.19. The molecular weight excluding hydrogens is 248 g/mol. The third kappa shape index (κ3) is 3.34. The molecule has 0 aliphatic carbocycles. The number of thioether (sulfide) groups is 1. The molecule has 2 N–H and O–H groups in total. The smallest absolute Gasteiger partial charge is 0.191 e. The number of allylic oxidation sites excluding steroid dienone is 1. The van der Waals surface area contributed by atoms with Crippen LogP contribution < -0.4 is 5.73 Å². The lowest BCUT2D eigenvalue weighted by atomic mass is 10.1. The van der Waals surface area contributed by atoms with Crippen LogP contribution in [0.15, 0.2) is 17.8 Å². The SMILES string of the molecule is C=CCn1c(CN)nnc1SC[C@H]1CCCOC1. The predicted octanol–water partition coefficient (Wildman–Crippen LogP) is 1.44. The molecule has 1 saturated heterocycles. The summed E-state index contributed by atoms with van der Waals surface area (Å²) < 4.78 is 7.51. The summed E-state index contributed by atoms with van der Waals surface area (Å²) in [6.07, 6.45) is 4.25. The van der Waals surface area contributed by atoms with Crippen LogP contribution in [0.2, 0.25) is 0 Å². The Balaban J connectivity index is 1.95. The summed E-state index contributed by atoms with van der Waals surface area (Å²) in [5.74, 6) is 2.47. The van der Waals surface area contributed by atoms with Crippen LogP contribution in [-0.4, -0.2) is 33.7 Å². The molecule has 6 heteroatoms. The Kier molecular flexibility index (Phi) is 5.22. The minimum absolute atomic E-state index is 0.411. The van der Waals surface area contributed by atoms with Gasteiger partial charge in [0.1, 0.15) is 5.82 Å². The fourth-order valence-electron chi connectivity index (χ4n) is 2.02. The molecule has 1 aromatic rings. The Bertz CT molecular complexity index is 387. The Morgan fingerprint density at radius 3 is 3.11 bits per heavy atom. The second-order valence-corrected chi connectivity index (χ2v) is 5.38. The first-order chi connectivity index (χ1) is 8.85. The molecule has 100 valence electrons. The minimum Gasteiger partial charge on any atom is -0.381 e. The predicted molar refractivity (Wildman–Crippen MR) is 72.4 cm³/mol. The first-order valence-corrected chi connectivity index (χ1v) is 7.27. The van der Waals surface area contributed by atoms with Crippen molar-refractivity contribution in [1.82, 2.24) is 14.8 Å². The first-order valence-electron chi connectivity index (χ1n) is 6.28. The Hall–Kier alpha value is -0.850. The maximum Gasteiger partial charge on any atom is 0.191 e. The quantitative estimate of drug-likeness (QED) is 0.624.